The summed E-state index contributed by atoms with van der Waals surface area (Å²) < 4.78 is 13.2. The lowest BCUT2D eigenvalue weighted by atomic mass is 9.96. The third-order valence-electron chi connectivity index (χ3n) is 6.31. The molecule has 2 aromatic heterocycles. The summed E-state index contributed by atoms with van der Waals surface area (Å²) in [7, 11) is 0. The van der Waals surface area contributed by atoms with Crippen LogP contribution in [0.3, 0.4) is 0 Å². The van der Waals surface area contributed by atoms with Crippen LogP contribution >= 0.6 is 11.6 Å². The molecule has 0 unspecified atom stereocenters. The number of fused-ring (bicyclic) bond motifs is 1. The molecule has 0 aliphatic carbocycles. The molecule has 38 heavy (non-hydrogen) atoms. The Labute approximate surface area is 226 Å². The summed E-state index contributed by atoms with van der Waals surface area (Å²) in [5, 5.41) is 5.68. The zero-order chi connectivity index (χ0) is 26.8. The van der Waals surface area contributed by atoms with Crippen LogP contribution in [0.15, 0.2) is 87.1 Å². The maximum Gasteiger partial charge on any atom is 0.282 e. The molecule has 2 heterocycles. The standard InChI is InChI=1S/C31H28ClN3O3/c1-5-37-29-15-20(4)26(17-25(29)19(2)3)30-34-27-12-7-6-11-24(27)31(36)35(30)33-18-23-13-14-28(38-23)21-9-8-10-22(32)16-21/h6-19H,5H2,1-4H3. The van der Waals surface area contributed by atoms with Gasteiger partial charge in [-0.15, -0.1) is 0 Å². The van der Waals surface area contributed by atoms with Crippen molar-refractivity contribution in [3.63, 3.8) is 0 Å². The van der Waals surface area contributed by atoms with Crippen LogP contribution in [0.4, 0.5) is 0 Å². The second kappa shape index (κ2) is 10.7. The molecule has 0 radical (unpaired) electrons. The van der Waals surface area contributed by atoms with Crippen LogP contribution in [-0.4, -0.2) is 22.5 Å². The Morgan fingerprint density at radius 2 is 1.89 bits per heavy atom. The highest BCUT2D eigenvalue weighted by Crippen LogP contribution is 2.34. The fraction of sp³-hybridized carbons (Fsp3) is 0.194. The number of para-hydroxylation sites is 1. The molecule has 5 aromatic rings. The third-order valence-corrected chi connectivity index (χ3v) is 6.54. The molecule has 3 aromatic carbocycles. The van der Waals surface area contributed by atoms with Crippen molar-refractivity contribution in [2.45, 2.75) is 33.6 Å². The summed E-state index contributed by atoms with van der Waals surface area (Å²) in [6.45, 7) is 8.76. The van der Waals surface area contributed by atoms with Gasteiger partial charge in [-0.2, -0.15) is 9.78 Å². The second-order valence-corrected chi connectivity index (χ2v) is 9.76. The zero-order valence-electron chi connectivity index (χ0n) is 21.7. The van der Waals surface area contributed by atoms with Gasteiger partial charge in [0.15, 0.2) is 5.82 Å². The average molecular weight is 526 g/mol. The number of hydrogen-bond donors (Lipinski definition) is 0. The van der Waals surface area contributed by atoms with Gasteiger partial charge < -0.3 is 9.15 Å². The Morgan fingerprint density at radius 3 is 2.66 bits per heavy atom. The first-order valence-electron chi connectivity index (χ1n) is 12.6. The number of rotatable bonds is 7. The van der Waals surface area contributed by atoms with Crippen LogP contribution < -0.4 is 10.3 Å². The van der Waals surface area contributed by atoms with Gasteiger partial charge in [0, 0.05) is 16.1 Å². The maximum absolute atomic E-state index is 13.6. The number of nitrogens with zero attached hydrogens (tertiary/aromatic N) is 3. The van der Waals surface area contributed by atoms with Crippen molar-refractivity contribution >= 4 is 28.7 Å². The van der Waals surface area contributed by atoms with Gasteiger partial charge in [0.1, 0.15) is 17.3 Å². The Kier molecular flexibility index (Phi) is 7.16. The Bertz CT molecular complexity index is 1720. The van der Waals surface area contributed by atoms with E-state index in [0.29, 0.717) is 39.9 Å². The predicted molar refractivity (Wildman–Crippen MR) is 154 cm³/mol. The first kappa shape index (κ1) is 25.5. The van der Waals surface area contributed by atoms with E-state index in [1.165, 1.54) is 10.9 Å². The summed E-state index contributed by atoms with van der Waals surface area (Å²) in [4.78, 5) is 18.5. The summed E-state index contributed by atoms with van der Waals surface area (Å²) in [5.41, 5.74) is 4.00. The summed E-state index contributed by atoms with van der Waals surface area (Å²) in [6, 6.07) is 22.4. The molecule has 0 saturated carbocycles. The van der Waals surface area contributed by atoms with Gasteiger partial charge in [-0.3, -0.25) is 4.79 Å². The number of ether oxygens (including phenoxy) is 1. The van der Waals surface area contributed by atoms with Crippen molar-refractivity contribution in [3.8, 4) is 28.5 Å². The van der Waals surface area contributed by atoms with E-state index in [2.05, 4.69) is 25.0 Å². The van der Waals surface area contributed by atoms with Crippen LogP contribution in [0, 0.1) is 6.92 Å². The summed E-state index contributed by atoms with van der Waals surface area (Å²) >= 11 is 6.13. The summed E-state index contributed by atoms with van der Waals surface area (Å²) in [6.07, 6.45) is 1.53. The van der Waals surface area contributed by atoms with E-state index in [1.54, 1.807) is 12.1 Å². The van der Waals surface area contributed by atoms with Gasteiger partial charge in [0.2, 0.25) is 0 Å². The molecule has 0 fully saturated rings. The molecule has 0 N–H and O–H groups in total. The van der Waals surface area contributed by atoms with E-state index >= 15 is 0 Å². The Morgan fingerprint density at radius 1 is 1.08 bits per heavy atom. The lowest BCUT2D eigenvalue weighted by Crippen LogP contribution is -2.20. The van der Waals surface area contributed by atoms with E-state index in [0.717, 1.165) is 28.0 Å². The quantitative estimate of drug-likeness (QED) is 0.204. The number of hydrogen-bond acceptors (Lipinski definition) is 5. The van der Waals surface area contributed by atoms with E-state index in [9.17, 15) is 4.79 Å². The van der Waals surface area contributed by atoms with Gasteiger partial charge in [-0.1, -0.05) is 49.7 Å². The van der Waals surface area contributed by atoms with Crippen LogP contribution in [-0.2, 0) is 0 Å². The summed E-state index contributed by atoms with van der Waals surface area (Å²) in [5.74, 6) is 2.66. The molecule has 0 aliphatic heterocycles. The van der Waals surface area contributed by atoms with Crippen molar-refractivity contribution in [2.24, 2.45) is 5.10 Å². The lowest BCUT2D eigenvalue weighted by molar-refractivity contribution is 0.335. The number of halogens is 1. The molecule has 0 bridgehead atoms. The largest absolute Gasteiger partial charge is 0.494 e. The third kappa shape index (κ3) is 5.00. The fourth-order valence-corrected chi connectivity index (χ4v) is 4.60. The molecule has 7 heteroatoms. The van der Waals surface area contributed by atoms with Crippen molar-refractivity contribution < 1.29 is 9.15 Å². The molecule has 0 spiro atoms. The van der Waals surface area contributed by atoms with Crippen molar-refractivity contribution in [1.29, 1.82) is 0 Å². The topological polar surface area (TPSA) is 69.6 Å². The van der Waals surface area contributed by atoms with E-state index in [4.69, 9.17) is 25.7 Å². The molecule has 0 saturated heterocycles. The van der Waals surface area contributed by atoms with Gasteiger partial charge in [-0.05, 0) is 79.4 Å². The highest BCUT2D eigenvalue weighted by atomic mass is 35.5. The monoisotopic (exact) mass is 525 g/mol. The van der Waals surface area contributed by atoms with Crippen molar-refractivity contribution in [2.75, 3.05) is 6.61 Å². The Balaban J connectivity index is 1.65. The zero-order valence-corrected chi connectivity index (χ0v) is 22.5. The van der Waals surface area contributed by atoms with Gasteiger partial charge in [-0.25, -0.2) is 4.98 Å². The number of furan rings is 1. The van der Waals surface area contributed by atoms with Gasteiger partial charge in [0.05, 0.1) is 23.7 Å². The van der Waals surface area contributed by atoms with E-state index < -0.39 is 0 Å². The number of benzene rings is 3. The SMILES string of the molecule is CCOc1cc(C)c(-c2nc3ccccc3c(=O)n2N=Cc2ccc(-c3cccc(Cl)c3)o2)cc1C(C)C. The van der Waals surface area contributed by atoms with E-state index in [-0.39, 0.29) is 11.5 Å². The molecule has 0 amide bonds. The maximum atomic E-state index is 13.6. The van der Waals surface area contributed by atoms with Gasteiger partial charge in [0.25, 0.3) is 5.56 Å². The smallest absolute Gasteiger partial charge is 0.282 e. The number of aromatic nitrogens is 2. The van der Waals surface area contributed by atoms with Crippen LogP contribution in [0.5, 0.6) is 5.75 Å². The Hall–Kier alpha value is -4.16. The average Bonchev–Trinajstić information content (AvgIpc) is 3.37. The predicted octanol–water partition coefficient (Wildman–Crippen LogP) is 7.69. The van der Waals surface area contributed by atoms with Crippen molar-refractivity contribution in [3.05, 3.63) is 105 Å². The highest BCUT2D eigenvalue weighted by Gasteiger charge is 2.18. The van der Waals surface area contributed by atoms with Crippen LogP contribution in [0.1, 0.15) is 43.6 Å². The first-order chi connectivity index (χ1) is 18.4. The second-order valence-electron chi connectivity index (χ2n) is 9.32. The van der Waals surface area contributed by atoms with Crippen LogP contribution in [0.2, 0.25) is 5.02 Å². The molecule has 0 aliphatic rings. The molecular formula is C31H28ClN3O3. The van der Waals surface area contributed by atoms with Crippen molar-refractivity contribution in [1.82, 2.24) is 9.66 Å². The lowest BCUT2D eigenvalue weighted by Gasteiger charge is -2.18. The van der Waals surface area contributed by atoms with Gasteiger partial charge >= 0.3 is 0 Å². The minimum atomic E-state index is -0.261. The minimum absolute atomic E-state index is 0.216. The molecule has 0 atom stereocenters. The molecular weight excluding hydrogens is 498 g/mol. The molecule has 192 valence electrons. The molecule has 6 nitrogen and oxygen atoms in total. The fourth-order valence-electron chi connectivity index (χ4n) is 4.41. The highest BCUT2D eigenvalue weighted by molar-refractivity contribution is 6.30. The first-order valence-corrected chi connectivity index (χ1v) is 12.9. The number of aryl methyl sites for hydroxylation is 1. The van der Waals surface area contributed by atoms with E-state index in [1.807, 2.05) is 68.4 Å². The molecule has 5 rings (SSSR count). The normalized spacial score (nSPS) is 11.6. The minimum Gasteiger partial charge on any atom is -0.494 e. The van der Waals surface area contributed by atoms with Crippen LogP contribution in [0.25, 0.3) is 33.6 Å².